The van der Waals surface area contributed by atoms with Crippen LogP contribution in [0.1, 0.15) is 19.3 Å². The minimum Gasteiger partial charge on any atom is -0.363 e. The van der Waals surface area contributed by atoms with Gasteiger partial charge in [-0.15, -0.1) is 0 Å². The van der Waals surface area contributed by atoms with Crippen LogP contribution in [0.3, 0.4) is 0 Å². The molecule has 6 nitrogen and oxygen atoms in total. The van der Waals surface area contributed by atoms with E-state index in [9.17, 15) is 4.79 Å². The Morgan fingerprint density at radius 3 is 2.89 bits per heavy atom. The number of likely N-dealkylation sites (N-methyl/N-ethyl adjacent to an activating group) is 1. The molecule has 0 unspecified atom stereocenters. The van der Waals surface area contributed by atoms with Gasteiger partial charge in [-0.2, -0.15) is 0 Å². The van der Waals surface area contributed by atoms with E-state index >= 15 is 0 Å². The molecule has 6 heteroatoms. The molecule has 1 N–H and O–H groups in total. The number of carbonyl (C=O) groups is 1. The second kappa shape index (κ2) is 5.13. The molecule has 19 heavy (non-hydrogen) atoms. The van der Waals surface area contributed by atoms with Crippen LogP contribution in [-0.2, 0) is 9.53 Å². The Kier molecular flexibility index (Phi) is 3.33. The molecule has 0 saturated carbocycles. The Morgan fingerprint density at radius 1 is 1.37 bits per heavy atom. The van der Waals surface area contributed by atoms with Gasteiger partial charge in [-0.05, 0) is 25.3 Å². The van der Waals surface area contributed by atoms with E-state index < -0.39 is 0 Å². The normalized spacial score (nSPS) is 29.9. The number of ether oxygens (including phenoxy) is 1. The third kappa shape index (κ3) is 2.28. The van der Waals surface area contributed by atoms with Crippen LogP contribution < -0.4 is 10.2 Å². The molecule has 2 aliphatic rings. The van der Waals surface area contributed by atoms with E-state index in [-0.39, 0.29) is 18.1 Å². The smallest absolute Gasteiger partial charge is 0.248 e. The number of carbonyl (C=O) groups excluding carboxylic acids is 1. The summed E-state index contributed by atoms with van der Waals surface area (Å²) in [6.07, 6.45) is 5.95. The lowest BCUT2D eigenvalue weighted by Gasteiger charge is -2.35. The van der Waals surface area contributed by atoms with Gasteiger partial charge in [0.15, 0.2) is 0 Å². The van der Waals surface area contributed by atoms with Crippen molar-refractivity contribution in [2.24, 2.45) is 0 Å². The van der Waals surface area contributed by atoms with Crippen molar-refractivity contribution in [2.75, 3.05) is 18.5 Å². The predicted octanol–water partition coefficient (Wildman–Crippen LogP) is 0.349. The number of rotatable bonds is 2. The molecule has 3 atom stereocenters. The first-order chi connectivity index (χ1) is 9.29. The van der Waals surface area contributed by atoms with Crippen LogP contribution in [0, 0.1) is 0 Å². The second-order valence-electron chi connectivity index (χ2n) is 4.95. The van der Waals surface area contributed by atoms with Crippen molar-refractivity contribution in [3.8, 4) is 0 Å². The van der Waals surface area contributed by atoms with E-state index in [2.05, 4.69) is 20.2 Å². The van der Waals surface area contributed by atoms with Crippen LogP contribution >= 0.6 is 0 Å². The lowest BCUT2D eigenvalue weighted by molar-refractivity contribution is -0.141. The molecule has 2 saturated heterocycles. The standard InChI is InChI=1S/C13H18N4O2/c1-14-12(18)11-4-3-9-10(19-11)5-8-17(9)13-15-6-2-7-16-13/h2,6-7,9-11H,3-5,8H2,1H3,(H,14,18)/t9-,10-,11-/m1/s1. The highest BCUT2D eigenvalue weighted by Crippen LogP contribution is 2.33. The molecule has 0 bridgehead atoms. The molecule has 0 radical (unpaired) electrons. The highest BCUT2D eigenvalue weighted by atomic mass is 16.5. The van der Waals surface area contributed by atoms with Gasteiger partial charge in [-0.25, -0.2) is 9.97 Å². The van der Waals surface area contributed by atoms with E-state index in [0.717, 1.165) is 31.8 Å². The summed E-state index contributed by atoms with van der Waals surface area (Å²) < 4.78 is 5.91. The molecule has 1 amide bonds. The van der Waals surface area contributed by atoms with E-state index in [1.165, 1.54) is 0 Å². The summed E-state index contributed by atoms with van der Waals surface area (Å²) in [5.41, 5.74) is 0. The predicted molar refractivity (Wildman–Crippen MR) is 69.7 cm³/mol. The SMILES string of the molecule is CNC(=O)[C@H]1CC[C@@H]2[C@@H](CCN2c2ncccn2)O1. The highest BCUT2D eigenvalue weighted by Gasteiger charge is 2.42. The lowest BCUT2D eigenvalue weighted by Crippen LogP contribution is -2.47. The number of nitrogens with zero attached hydrogens (tertiary/aromatic N) is 3. The zero-order valence-electron chi connectivity index (χ0n) is 11.0. The van der Waals surface area contributed by atoms with E-state index in [0.29, 0.717) is 6.04 Å². The minimum atomic E-state index is -0.303. The first-order valence-corrected chi connectivity index (χ1v) is 6.70. The van der Waals surface area contributed by atoms with Crippen LogP contribution in [-0.4, -0.2) is 47.7 Å². The number of nitrogens with one attached hydrogen (secondary N) is 1. The van der Waals surface area contributed by atoms with Crippen molar-refractivity contribution in [3.63, 3.8) is 0 Å². The Balaban J connectivity index is 1.71. The average molecular weight is 262 g/mol. The maximum Gasteiger partial charge on any atom is 0.248 e. The lowest BCUT2D eigenvalue weighted by atomic mass is 9.99. The zero-order valence-corrected chi connectivity index (χ0v) is 11.0. The number of aromatic nitrogens is 2. The van der Waals surface area contributed by atoms with Gasteiger partial charge >= 0.3 is 0 Å². The fraction of sp³-hybridized carbons (Fsp3) is 0.615. The van der Waals surface area contributed by atoms with E-state index in [1.807, 2.05) is 6.07 Å². The summed E-state index contributed by atoms with van der Waals surface area (Å²) in [5.74, 6) is 0.741. The Hall–Kier alpha value is -1.69. The summed E-state index contributed by atoms with van der Waals surface area (Å²) in [4.78, 5) is 22.4. The van der Waals surface area contributed by atoms with Crippen LogP contribution in [0.5, 0.6) is 0 Å². The number of hydrogen-bond donors (Lipinski definition) is 1. The second-order valence-corrected chi connectivity index (χ2v) is 4.95. The molecular formula is C13H18N4O2. The third-order valence-corrected chi connectivity index (χ3v) is 3.90. The number of hydrogen-bond acceptors (Lipinski definition) is 5. The van der Waals surface area contributed by atoms with Gasteiger partial charge in [0.05, 0.1) is 12.1 Å². The largest absolute Gasteiger partial charge is 0.363 e. The topological polar surface area (TPSA) is 67.4 Å². The molecule has 3 heterocycles. The van der Waals surface area contributed by atoms with Crippen molar-refractivity contribution < 1.29 is 9.53 Å². The van der Waals surface area contributed by atoms with Crippen LogP contribution in [0.25, 0.3) is 0 Å². The fourth-order valence-corrected chi connectivity index (χ4v) is 2.97. The Bertz CT molecular complexity index is 453. The molecule has 0 aromatic carbocycles. The average Bonchev–Trinajstić information content (AvgIpc) is 2.90. The molecule has 1 aromatic rings. The van der Waals surface area contributed by atoms with Crippen LogP contribution in [0.4, 0.5) is 5.95 Å². The molecule has 0 spiro atoms. The maximum atomic E-state index is 11.6. The minimum absolute atomic E-state index is 0.0205. The van der Waals surface area contributed by atoms with E-state index in [1.54, 1.807) is 19.4 Å². The van der Waals surface area contributed by atoms with Crippen molar-refractivity contribution in [1.82, 2.24) is 15.3 Å². The van der Waals surface area contributed by atoms with Crippen molar-refractivity contribution >= 4 is 11.9 Å². The molecule has 1 aromatic heterocycles. The Labute approximate surface area is 112 Å². The quantitative estimate of drug-likeness (QED) is 0.833. The molecule has 0 aliphatic carbocycles. The van der Waals surface area contributed by atoms with Gasteiger partial charge in [0.2, 0.25) is 11.9 Å². The number of anilines is 1. The van der Waals surface area contributed by atoms with Gasteiger partial charge in [0, 0.05) is 26.0 Å². The van der Waals surface area contributed by atoms with Crippen LogP contribution in [0.15, 0.2) is 18.5 Å². The first kappa shape index (κ1) is 12.3. The zero-order chi connectivity index (χ0) is 13.2. The molecule has 3 rings (SSSR count). The maximum absolute atomic E-state index is 11.6. The van der Waals surface area contributed by atoms with Gasteiger partial charge < -0.3 is 15.0 Å². The molecule has 102 valence electrons. The Morgan fingerprint density at radius 2 is 2.16 bits per heavy atom. The molecular weight excluding hydrogens is 244 g/mol. The summed E-state index contributed by atoms with van der Waals surface area (Å²) in [6.45, 7) is 0.889. The van der Waals surface area contributed by atoms with Gasteiger partial charge in [0.25, 0.3) is 0 Å². The van der Waals surface area contributed by atoms with Gasteiger partial charge in [-0.1, -0.05) is 0 Å². The highest BCUT2D eigenvalue weighted by molar-refractivity contribution is 5.80. The molecule has 2 fully saturated rings. The van der Waals surface area contributed by atoms with Gasteiger partial charge in [0.1, 0.15) is 6.10 Å². The number of fused-ring (bicyclic) bond motifs is 1. The summed E-state index contributed by atoms with van der Waals surface area (Å²) >= 11 is 0. The number of amides is 1. The van der Waals surface area contributed by atoms with E-state index in [4.69, 9.17) is 4.74 Å². The third-order valence-electron chi connectivity index (χ3n) is 3.90. The van der Waals surface area contributed by atoms with Crippen molar-refractivity contribution in [1.29, 1.82) is 0 Å². The summed E-state index contributed by atoms with van der Waals surface area (Å²) in [7, 11) is 1.65. The summed E-state index contributed by atoms with van der Waals surface area (Å²) in [5, 5.41) is 2.66. The van der Waals surface area contributed by atoms with Crippen molar-refractivity contribution in [3.05, 3.63) is 18.5 Å². The fourth-order valence-electron chi connectivity index (χ4n) is 2.97. The monoisotopic (exact) mass is 262 g/mol. The van der Waals surface area contributed by atoms with Crippen molar-refractivity contribution in [2.45, 2.75) is 37.5 Å². The van der Waals surface area contributed by atoms with Gasteiger partial charge in [-0.3, -0.25) is 4.79 Å². The van der Waals surface area contributed by atoms with Crippen LogP contribution in [0.2, 0.25) is 0 Å². The summed E-state index contributed by atoms with van der Waals surface area (Å²) in [6, 6.07) is 2.11. The molecule has 2 aliphatic heterocycles. The first-order valence-electron chi connectivity index (χ1n) is 6.70.